The zero-order valence-electron chi connectivity index (χ0n) is 16.3. The molecule has 2 aliphatic heterocycles. The van der Waals surface area contributed by atoms with Crippen molar-refractivity contribution in [1.29, 1.82) is 5.26 Å². The van der Waals surface area contributed by atoms with Gasteiger partial charge in [-0.15, -0.1) is 0 Å². The first kappa shape index (κ1) is 20.4. The van der Waals surface area contributed by atoms with E-state index in [4.69, 9.17) is 5.26 Å². The van der Waals surface area contributed by atoms with Gasteiger partial charge in [0.05, 0.1) is 23.7 Å². The number of rotatable bonds is 4. The minimum Gasteiger partial charge on any atom is -0.380 e. The fourth-order valence-electron chi connectivity index (χ4n) is 4.32. The number of carbonyl (C=O) groups excluding carboxylic acids is 1. The molecule has 0 saturated carbocycles. The van der Waals surface area contributed by atoms with E-state index in [1.807, 2.05) is 4.90 Å². The van der Waals surface area contributed by atoms with Crippen LogP contribution in [0.5, 0.6) is 0 Å². The number of nitriles is 1. The van der Waals surface area contributed by atoms with E-state index in [1.54, 1.807) is 17.0 Å². The average molecular weight is 417 g/mol. The summed E-state index contributed by atoms with van der Waals surface area (Å²) in [7, 11) is 0. The van der Waals surface area contributed by atoms with E-state index in [2.05, 4.69) is 16.4 Å². The highest BCUT2D eigenvalue weighted by atomic mass is 19.4. The Morgan fingerprint density at radius 2 is 2.10 bits per heavy atom. The van der Waals surface area contributed by atoms with Crippen LogP contribution in [0.25, 0.3) is 10.9 Å². The van der Waals surface area contributed by atoms with E-state index in [0.29, 0.717) is 30.7 Å². The second-order valence-electron chi connectivity index (χ2n) is 7.80. The molecule has 1 N–H and O–H groups in total. The van der Waals surface area contributed by atoms with Crippen molar-refractivity contribution in [3.05, 3.63) is 36.0 Å². The molecule has 1 aromatic heterocycles. The van der Waals surface area contributed by atoms with Gasteiger partial charge in [-0.3, -0.25) is 14.7 Å². The van der Waals surface area contributed by atoms with Gasteiger partial charge in [0.2, 0.25) is 5.91 Å². The Morgan fingerprint density at radius 1 is 1.27 bits per heavy atom. The molecule has 4 rings (SSSR count). The van der Waals surface area contributed by atoms with E-state index >= 15 is 0 Å². The number of hydrogen-bond acceptors (Lipinski definition) is 5. The van der Waals surface area contributed by atoms with Gasteiger partial charge in [0.1, 0.15) is 6.04 Å². The number of pyridine rings is 1. The Balaban J connectivity index is 1.43. The molecule has 0 bridgehead atoms. The number of hydrogen-bond donors (Lipinski definition) is 1. The van der Waals surface area contributed by atoms with Gasteiger partial charge in [0.15, 0.2) is 0 Å². The van der Waals surface area contributed by atoms with Crippen LogP contribution in [-0.2, 0) is 11.0 Å². The lowest BCUT2D eigenvalue weighted by molar-refractivity contribution is -0.136. The third-order valence-electron chi connectivity index (χ3n) is 5.79. The molecular formula is C21H22F3N5O. The summed E-state index contributed by atoms with van der Waals surface area (Å²) in [5, 5.41) is 12.9. The van der Waals surface area contributed by atoms with Gasteiger partial charge >= 0.3 is 6.18 Å². The first-order chi connectivity index (χ1) is 14.4. The van der Waals surface area contributed by atoms with E-state index in [9.17, 15) is 18.0 Å². The summed E-state index contributed by atoms with van der Waals surface area (Å²) < 4.78 is 39.9. The number of amides is 1. The van der Waals surface area contributed by atoms with E-state index in [0.717, 1.165) is 25.3 Å². The molecule has 0 aliphatic carbocycles. The predicted molar refractivity (Wildman–Crippen MR) is 106 cm³/mol. The van der Waals surface area contributed by atoms with Gasteiger partial charge in [-0.2, -0.15) is 18.4 Å². The van der Waals surface area contributed by atoms with Crippen LogP contribution in [0.3, 0.4) is 0 Å². The van der Waals surface area contributed by atoms with Crippen LogP contribution >= 0.6 is 0 Å². The maximum atomic E-state index is 13.3. The Morgan fingerprint density at radius 3 is 2.87 bits per heavy atom. The van der Waals surface area contributed by atoms with Gasteiger partial charge in [-0.1, -0.05) is 0 Å². The number of anilines is 1. The maximum absolute atomic E-state index is 13.3. The van der Waals surface area contributed by atoms with Crippen LogP contribution in [0.2, 0.25) is 0 Å². The fourth-order valence-corrected chi connectivity index (χ4v) is 4.32. The van der Waals surface area contributed by atoms with Crippen LogP contribution < -0.4 is 5.32 Å². The summed E-state index contributed by atoms with van der Waals surface area (Å²) in [5.41, 5.74) is -0.218. The van der Waals surface area contributed by atoms with E-state index in [-0.39, 0.29) is 30.1 Å². The van der Waals surface area contributed by atoms with Crippen LogP contribution in [0, 0.1) is 11.3 Å². The van der Waals surface area contributed by atoms with Gasteiger partial charge in [-0.05, 0) is 43.5 Å². The van der Waals surface area contributed by atoms with Crippen LogP contribution in [0.15, 0.2) is 30.5 Å². The molecular weight excluding hydrogens is 395 g/mol. The molecule has 6 nitrogen and oxygen atoms in total. The van der Waals surface area contributed by atoms with E-state index in [1.165, 1.54) is 12.3 Å². The molecule has 3 heterocycles. The van der Waals surface area contributed by atoms with Crippen molar-refractivity contribution in [2.24, 2.45) is 0 Å². The third kappa shape index (κ3) is 4.05. The standard InChI is InChI=1S/C21H22F3N5O/c22-21(23,24)17-5-6-18(16-4-1-8-26-20(16)17)27-14-7-10-28(12-14)13-19(30)29-9-2-3-15(29)11-25/h1,4-6,8,14-15,27H,2-3,7,9-10,12-13H2/t14-,15+/m1/s1. The predicted octanol–water partition coefficient (Wildman–Crippen LogP) is 3.25. The van der Waals surface area contributed by atoms with Gasteiger partial charge < -0.3 is 10.2 Å². The second-order valence-corrected chi connectivity index (χ2v) is 7.80. The molecule has 158 valence electrons. The van der Waals surface area contributed by atoms with Crippen molar-refractivity contribution < 1.29 is 18.0 Å². The molecule has 2 atom stereocenters. The van der Waals surface area contributed by atoms with Crippen molar-refractivity contribution in [1.82, 2.24) is 14.8 Å². The maximum Gasteiger partial charge on any atom is 0.418 e. The summed E-state index contributed by atoms with van der Waals surface area (Å²) in [6, 6.07) is 7.62. The smallest absolute Gasteiger partial charge is 0.380 e. The first-order valence-corrected chi connectivity index (χ1v) is 9.99. The number of fused-ring (bicyclic) bond motifs is 1. The van der Waals surface area contributed by atoms with Crippen molar-refractivity contribution in [3.63, 3.8) is 0 Å². The van der Waals surface area contributed by atoms with Crippen LogP contribution in [0.1, 0.15) is 24.8 Å². The number of halogens is 3. The molecule has 0 spiro atoms. The molecule has 1 amide bonds. The summed E-state index contributed by atoms with van der Waals surface area (Å²) in [6.45, 7) is 2.20. The molecule has 2 fully saturated rings. The van der Waals surface area contributed by atoms with E-state index < -0.39 is 11.7 Å². The summed E-state index contributed by atoms with van der Waals surface area (Å²) in [4.78, 5) is 20.2. The Hall–Kier alpha value is -2.86. The Kier molecular flexibility index (Phi) is 5.52. The summed E-state index contributed by atoms with van der Waals surface area (Å²) >= 11 is 0. The van der Waals surface area contributed by atoms with Gasteiger partial charge in [-0.25, -0.2) is 0 Å². The van der Waals surface area contributed by atoms with Crippen LogP contribution in [-0.4, -0.2) is 59.0 Å². The SMILES string of the molecule is N#C[C@@H]1CCCN1C(=O)CN1CC[C@@H](Nc2ccc(C(F)(F)F)c3ncccc23)C1. The van der Waals surface area contributed by atoms with Crippen molar-refractivity contribution >= 4 is 22.5 Å². The minimum atomic E-state index is -4.47. The monoisotopic (exact) mass is 417 g/mol. The van der Waals surface area contributed by atoms with Gasteiger partial charge in [0, 0.05) is 42.9 Å². The minimum absolute atomic E-state index is 0.0169. The lowest BCUT2D eigenvalue weighted by Gasteiger charge is -2.23. The lowest BCUT2D eigenvalue weighted by atomic mass is 10.1. The zero-order chi connectivity index (χ0) is 21.3. The number of nitrogens with one attached hydrogen (secondary N) is 1. The number of likely N-dealkylation sites (tertiary alicyclic amines) is 2. The molecule has 30 heavy (non-hydrogen) atoms. The molecule has 2 saturated heterocycles. The first-order valence-electron chi connectivity index (χ1n) is 9.99. The molecule has 2 aliphatic rings. The highest BCUT2D eigenvalue weighted by Gasteiger charge is 2.34. The Labute approximate surface area is 172 Å². The normalized spacial score (nSPS) is 22.4. The highest BCUT2D eigenvalue weighted by Crippen LogP contribution is 2.36. The lowest BCUT2D eigenvalue weighted by Crippen LogP contribution is -2.42. The molecule has 0 radical (unpaired) electrons. The summed E-state index contributed by atoms with van der Waals surface area (Å²) in [5.74, 6) is -0.0381. The summed E-state index contributed by atoms with van der Waals surface area (Å²) in [6.07, 6.45) is -0.758. The topological polar surface area (TPSA) is 72.3 Å². The molecule has 1 aromatic carbocycles. The number of benzene rings is 1. The number of alkyl halides is 3. The van der Waals surface area contributed by atoms with Crippen molar-refractivity contribution in [2.45, 2.75) is 37.5 Å². The number of carbonyl (C=O) groups is 1. The average Bonchev–Trinajstić information content (AvgIpc) is 3.36. The Bertz CT molecular complexity index is 987. The fraction of sp³-hybridized carbons (Fsp3) is 0.476. The molecule has 2 aromatic rings. The van der Waals surface area contributed by atoms with Crippen molar-refractivity contribution in [2.75, 3.05) is 31.5 Å². The quantitative estimate of drug-likeness (QED) is 0.827. The zero-order valence-corrected chi connectivity index (χ0v) is 16.3. The van der Waals surface area contributed by atoms with Crippen LogP contribution in [0.4, 0.5) is 18.9 Å². The second kappa shape index (κ2) is 8.11. The molecule has 0 unspecified atom stereocenters. The number of nitrogens with zero attached hydrogens (tertiary/aromatic N) is 4. The highest BCUT2D eigenvalue weighted by molar-refractivity contribution is 5.93. The van der Waals surface area contributed by atoms with Crippen molar-refractivity contribution in [3.8, 4) is 6.07 Å². The largest absolute Gasteiger partial charge is 0.418 e. The molecule has 9 heteroatoms. The third-order valence-corrected chi connectivity index (χ3v) is 5.79. The van der Waals surface area contributed by atoms with Gasteiger partial charge in [0.25, 0.3) is 0 Å². The number of aromatic nitrogens is 1.